The van der Waals surface area contributed by atoms with Gasteiger partial charge in [-0.2, -0.15) is 5.10 Å². The van der Waals surface area contributed by atoms with Crippen molar-refractivity contribution >= 4 is 11.5 Å². The van der Waals surface area contributed by atoms with E-state index < -0.39 is 0 Å². The van der Waals surface area contributed by atoms with Gasteiger partial charge in [0.25, 0.3) is 0 Å². The highest BCUT2D eigenvalue weighted by Crippen LogP contribution is 2.42. The molecule has 17 heavy (non-hydrogen) atoms. The third kappa shape index (κ3) is 1.70. The van der Waals surface area contributed by atoms with Gasteiger partial charge in [-0.05, 0) is 32.1 Å². The number of aromatic nitrogens is 2. The average Bonchev–Trinajstić information content (AvgIpc) is 2.49. The zero-order chi connectivity index (χ0) is 11.9. The smallest absolute Gasteiger partial charge is 0.148 e. The van der Waals surface area contributed by atoms with Gasteiger partial charge in [0, 0.05) is 19.1 Å². The van der Waals surface area contributed by atoms with Crippen molar-refractivity contribution in [2.75, 3.05) is 17.2 Å². The lowest BCUT2D eigenvalue weighted by Gasteiger charge is -2.42. The van der Waals surface area contributed by atoms with Gasteiger partial charge in [-0.25, -0.2) is 0 Å². The Kier molecular flexibility index (Phi) is 2.53. The number of hydrogen-bond acceptors (Lipinski definition) is 3. The number of fused-ring (bicyclic) bond motifs is 1. The summed E-state index contributed by atoms with van der Waals surface area (Å²) >= 11 is 0. The first-order valence-electron chi connectivity index (χ1n) is 6.82. The molecule has 1 aromatic rings. The molecule has 1 fully saturated rings. The third-order valence-electron chi connectivity index (χ3n) is 4.21. The van der Waals surface area contributed by atoms with Crippen LogP contribution in [-0.2, 0) is 13.5 Å². The van der Waals surface area contributed by atoms with Gasteiger partial charge in [-0.3, -0.25) is 4.68 Å². The van der Waals surface area contributed by atoms with E-state index in [-0.39, 0.29) is 0 Å². The maximum absolute atomic E-state index is 4.64. The van der Waals surface area contributed by atoms with Crippen LogP contribution in [0.25, 0.3) is 0 Å². The van der Waals surface area contributed by atoms with E-state index in [0.29, 0.717) is 5.54 Å². The van der Waals surface area contributed by atoms with E-state index in [4.69, 9.17) is 0 Å². The maximum Gasteiger partial charge on any atom is 0.148 e. The van der Waals surface area contributed by atoms with Gasteiger partial charge in [-0.15, -0.1) is 0 Å². The number of rotatable bonds is 2. The fraction of sp³-hybridized carbons (Fsp3) is 0.769. The average molecular weight is 234 g/mol. The van der Waals surface area contributed by atoms with Gasteiger partial charge in [0.05, 0.1) is 5.69 Å². The summed E-state index contributed by atoms with van der Waals surface area (Å²) < 4.78 is 2.01. The van der Waals surface area contributed by atoms with Crippen LogP contribution in [0.1, 0.15) is 44.7 Å². The summed E-state index contributed by atoms with van der Waals surface area (Å²) in [7, 11) is 2.05. The van der Waals surface area contributed by atoms with Crippen molar-refractivity contribution in [3.8, 4) is 0 Å². The first-order chi connectivity index (χ1) is 8.24. The minimum absolute atomic E-state index is 0.357. The minimum atomic E-state index is 0.357. The molecule has 0 saturated heterocycles. The second kappa shape index (κ2) is 3.93. The molecule has 4 heteroatoms. The predicted octanol–water partition coefficient (Wildman–Crippen LogP) is 2.52. The summed E-state index contributed by atoms with van der Waals surface area (Å²) in [5, 5.41) is 12.0. The Morgan fingerprint density at radius 2 is 2.18 bits per heavy atom. The number of aryl methyl sites for hydroxylation is 2. The molecular formula is C13H22N4. The van der Waals surface area contributed by atoms with Crippen molar-refractivity contribution in [1.82, 2.24) is 9.78 Å². The zero-order valence-electron chi connectivity index (χ0n) is 10.8. The van der Waals surface area contributed by atoms with Gasteiger partial charge in [0.1, 0.15) is 11.5 Å². The Morgan fingerprint density at radius 3 is 2.82 bits per heavy atom. The highest BCUT2D eigenvalue weighted by atomic mass is 15.3. The molecule has 94 valence electrons. The van der Waals surface area contributed by atoms with Crippen LogP contribution in [0, 0.1) is 0 Å². The molecule has 3 rings (SSSR count). The Labute approximate surface area is 103 Å². The van der Waals surface area contributed by atoms with Gasteiger partial charge >= 0.3 is 0 Å². The molecule has 2 N–H and O–H groups in total. The molecule has 0 unspecified atom stereocenters. The van der Waals surface area contributed by atoms with Crippen molar-refractivity contribution in [3.63, 3.8) is 0 Å². The first-order valence-corrected chi connectivity index (χ1v) is 6.82. The minimum Gasteiger partial charge on any atom is -0.380 e. The number of nitrogens with zero attached hydrogens (tertiary/aromatic N) is 2. The van der Waals surface area contributed by atoms with Crippen LogP contribution in [0.5, 0.6) is 0 Å². The van der Waals surface area contributed by atoms with Gasteiger partial charge < -0.3 is 10.6 Å². The molecule has 1 aliphatic carbocycles. The molecule has 1 spiro atoms. The van der Waals surface area contributed by atoms with Gasteiger partial charge in [-0.1, -0.05) is 13.3 Å². The summed E-state index contributed by atoms with van der Waals surface area (Å²) in [5.41, 5.74) is 2.82. The predicted molar refractivity (Wildman–Crippen MR) is 70.5 cm³/mol. The van der Waals surface area contributed by atoms with Crippen molar-refractivity contribution < 1.29 is 0 Å². The molecule has 0 amide bonds. The lowest BCUT2D eigenvalue weighted by molar-refractivity contribution is 0.266. The third-order valence-corrected chi connectivity index (χ3v) is 4.21. The van der Waals surface area contributed by atoms with Crippen molar-refractivity contribution in [2.24, 2.45) is 7.05 Å². The molecule has 0 atom stereocenters. The van der Waals surface area contributed by atoms with Crippen molar-refractivity contribution in [1.29, 1.82) is 0 Å². The van der Waals surface area contributed by atoms with Crippen LogP contribution in [0.4, 0.5) is 11.5 Å². The number of anilines is 2. The molecule has 2 aliphatic rings. The molecule has 1 saturated carbocycles. The fourth-order valence-electron chi connectivity index (χ4n) is 3.04. The fourth-order valence-corrected chi connectivity index (χ4v) is 3.04. The van der Waals surface area contributed by atoms with Gasteiger partial charge in [0.15, 0.2) is 0 Å². The molecule has 1 aliphatic heterocycles. The summed E-state index contributed by atoms with van der Waals surface area (Å²) in [6.07, 6.45) is 7.42. The van der Waals surface area contributed by atoms with Crippen LogP contribution in [-0.4, -0.2) is 21.9 Å². The summed E-state index contributed by atoms with van der Waals surface area (Å²) in [6.45, 7) is 3.28. The lowest BCUT2D eigenvalue weighted by Crippen LogP contribution is -2.45. The van der Waals surface area contributed by atoms with E-state index in [9.17, 15) is 0 Å². The molecule has 0 aromatic carbocycles. The van der Waals surface area contributed by atoms with Gasteiger partial charge in [0.2, 0.25) is 0 Å². The van der Waals surface area contributed by atoms with E-state index in [2.05, 4.69) is 22.7 Å². The second-order valence-electron chi connectivity index (χ2n) is 5.48. The summed E-state index contributed by atoms with van der Waals surface area (Å²) in [5.74, 6) is 1.20. The highest BCUT2D eigenvalue weighted by molar-refractivity contribution is 5.70. The van der Waals surface area contributed by atoms with Crippen molar-refractivity contribution in [3.05, 3.63) is 5.69 Å². The first kappa shape index (κ1) is 10.9. The molecule has 2 heterocycles. The highest BCUT2D eigenvalue weighted by Gasteiger charge is 2.39. The van der Waals surface area contributed by atoms with E-state index in [1.807, 2.05) is 11.7 Å². The quantitative estimate of drug-likeness (QED) is 0.826. The van der Waals surface area contributed by atoms with Crippen LogP contribution in [0.2, 0.25) is 0 Å². The van der Waals surface area contributed by atoms with Crippen molar-refractivity contribution in [2.45, 2.75) is 51.0 Å². The van der Waals surface area contributed by atoms with E-state index in [0.717, 1.165) is 19.4 Å². The van der Waals surface area contributed by atoms with E-state index in [1.165, 1.54) is 42.9 Å². The van der Waals surface area contributed by atoms with Crippen LogP contribution < -0.4 is 10.6 Å². The standard InChI is InChI=1S/C13H22N4/c1-3-5-10-11-12(17(2)16-10)15-13(6-4-7-13)8-9-14-11/h14-15H,3-9H2,1-2H3. The molecule has 4 nitrogen and oxygen atoms in total. The van der Waals surface area contributed by atoms with Crippen LogP contribution >= 0.6 is 0 Å². The molecule has 1 aromatic heterocycles. The largest absolute Gasteiger partial charge is 0.380 e. The Bertz CT molecular complexity index is 417. The monoisotopic (exact) mass is 234 g/mol. The summed E-state index contributed by atoms with van der Waals surface area (Å²) in [4.78, 5) is 0. The normalized spacial score (nSPS) is 21.1. The maximum atomic E-state index is 4.64. The second-order valence-corrected chi connectivity index (χ2v) is 5.48. The number of hydrogen-bond donors (Lipinski definition) is 2. The Hall–Kier alpha value is -1.19. The molecule has 0 bridgehead atoms. The summed E-state index contributed by atoms with van der Waals surface area (Å²) in [6, 6.07) is 0. The molecule has 0 radical (unpaired) electrons. The lowest BCUT2D eigenvalue weighted by atomic mass is 9.74. The Morgan fingerprint density at radius 1 is 1.35 bits per heavy atom. The van der Waals surface area contributed by atoms with E-state index in [1.54, 1.807) is 0 Å². The SMILES string of the molecule is CCCc1nn(C)c2c1NCCC1(CCC1)N2. The number of nitrogens with one attached hydrogen (secondary N) is 2. The van der Waals surface area contributed by atoms with E-state index >= 15 is 0 Å². The van der Waals surface area contributed by atoms with Crippen LogP contribution in [0.15, 0.2) is 0 Å². The Balaban J connectivity index is 1.94. The topological polar surface area (TPSA) is 41.9 Å². The molecular weight excluding hydrogens is 212 g/mol. The van der Waals surface area contributed by atoms with Crippen LogP contribution in [0.3, 0.4) is 0 Å². The zero-order valence-corrected chi connectivity index (χ0v) is 10.8.